The summed E-state index contributed by atoms with van der Waals surface area (Å²) < 4.78 is 4.14. The van der Waals surface area contributed by atoms with E-state index in [1.807, 2.05) is 0 Å². The fraction of sp³-hybridized carbons (Fsp3) is 0.308. The van der Waals surface area contributed by atoms with Gasteiger partial charge in [-0.25, -0.2) is 14.4 Å². The molecule has 0 bridgehead atoms. The third-order valence-electron chi connectivity index (χ3n) is 0.981. The van der Waals surface area contributed by atoms with Crippen LogP contribution in [-0.4, -0.2) is 58.2 Å². The van der Waals surface area contributed by atoms with Crippen molar-refractivity contribution in [2.45, 2.75) is 13.0 Å². The van der Waals surface area contributed by atoms with Gasteiger partial charge in [0.05, 0.1) is 19.8 Å². The van der Waals surface area contributed by atoms with E-state index in [-0.39, 0.29) is 6.61 Å². The highest BCUT2D eigenvalue weighted by Crippen LogP contribution is 1.68. The fourth-order valence-electron chi connectivity index (χ4n) is 0.0833. The minimum absolute atomic E-state index is 0.139. The van der Waals surface area contributed by atoms with E-state index in [1.165, 1.54) is 14.0 Å². The topological polar surface area (TPSA) is 141 Å². The number of carbonyl (C=O) groups is 3. The predicted octanol–water partition coefficient (Wildman–Crippen LogP) is 0.219. The van der Waals surface area contributed by atoms with Gasteiger partial charge in [0, 0.05) is 18.2 Å². The molecule has 0 fully saturated rings. The van der Waals surface area contributed by atoms with Crippen LogP contribution in [0.15, 0.2) is 38.0 Å². The number of ether oxygens (including phenoxy) is 1. The molecule has 21 heavy (non-hydrogen) atoms. The van der Waals surface area contributed by atoms with E-state index >= 15 is 0 Å². The Morgan fingerprint density at radius 3 is 1.29 bits per heavy atom. The highest BCUT2D eigenvalue weighted by atomic mass is 16.5. The molecule has 122 valence electrons. The number of carbonyl (C=O) groups excluding carboxylic acids is 1. The average Bonchev–Trinajstić information content (AvgIpc) is 2.47. The van der Waals surface area contributed by atoms with Crippen LogP contribution in [0.4, 0.5) is 0 Å². The quantitative estimate of drug-likeness (QED) is 0.427. The highest BCUT2D eigenvalue weighted by Gasteiger charge is 1.83. The van der Waals surface area contributed by atoms with E-state index < -0.39 is 24.0 Å². The molecule has 0 aromatic rings. The van der Waals surface area contributed by atoms with Crippen molar-refractivity contribution >= 4 is 17.9 Å². The minimum atomic E-state index is -0.981. The van der Waals surface area contributed by atoms with Crippen molar-refractivity contribution < 1.29 is 39.5 Å². The van der Waals surface area contributed by atoms with Crippen molar-refractivity contribution in [1.82, 2.24) is 0 Å². The lowest BCUT2D eigenvalue weighted by molar-refractivity contribution is -0.135. The Morgan fingerprint density at radius 2 is 1.29 bits per heavy atom. The van der Waals surface area contributed by atoms with Crippen molar-refractivity contribution in [3.05, 3.63) is 38.0 Å². The molecule has 0 saturated heterocycles. The van der Waals surface area contributed by atoms with Crippen molar-refractivity contribution in [3.8, 4) is 0 Å². The molecule has 0 amide bonds. The minimum Gasteiger partial charge on any atom is -0.478 e. The van der Waals surface area contributed by atoms with E-state index in [9.17, 15) is 14.4 Å². The third kappa shape index (κ3) is 74.4. The first kappa shape index (κ1) is 27.0. The van der Waals surface area contributed by atoms with Gasteiger partial charge in [0.15, 0.2) is 0 Å². The number of carboxylic acids is 2. The lowest BCUT2D eigenvalue weighted by Gasteiger charge is -1.90. The summed E-state index contributed by atoms with van der Waals surface area (Å²) in [6.07, 6.45) is 2.22. The molecule has 4 N–H and O–H groups in total. The Morgan fingerprint density at radius 1 is 1.05 bits per heavy atom. The van der Waals surface area contributed by atoms with Crippen LogP contribution in [-0.2, 0) is 19.1 Å². The zero-order chi connectivity index (χ0) is 17.8. The number of aliphatic hydroxyl groups is 2. The van der Waals surface area contributed by atoms with Gasteiger partial charge in [0.25, 0.3) is 0 Å². The van der Waals surface area contributed by atoms with Crippen molar-refractivity contribution in [3.63, 3.8) is 0 Å². The Bertz CT molecular complexity index is 302. The monoisotopic (exact) mass is 306 g/mol. The molecule has 8 nitrogen and oxygen atoms in total. The lowest BCUT2D eigenvalue weighted by atomic mass is 10.5. The fourth-order valence-corrected chi connectivity index (χ4v) is 0.0833. The molecule has 0 heterocycles. The number of rotatable bonds is 4. The van der Waals surface area contributed by atoms with Crippen LogP contribution in [0.1, 0.15) is 6.92 Å². The molecule has 0 aliphatic rings. The molecule has 0 aliphatic heterocycles. The summed E-state index contributed by atoms with van der Waals surface area (Å²) >= 11 is 0. The summed E-state index contributed by atoms with van der Waals surface area (Å²) in [6.45, 7) is 10.5. The molecule has 1 atom stereocenters. The summed E-state index contributed by atoms with van der Waals surface area (Å²) in [6, 6.07) is 0. The van der Waals surface area contributed by atoms with Gasteiger partial charge >= 0.3 is 17.9 Å². The normalized spacial score (nSPS) is 8.57. The van der Waals surface area contributed by atoms with Crippen LogP contribution in [0, 0.1) is 0 Å². The second-order valence-electron chi connectivity index (χ2n) is 2.84. The molecule has 0 saturated carbocycles. The largest absolute Gasteiger partial charge is 0.478 e. The van der Waals surface area contributed by atoms with Gasteiger partial charge in [-0.05, 0) is 6.92 Å². The molecule has 0 aromatic heterocycles. The Hall–Kier alpha value is -2.45. The van der Waals surface area contributed by atoms with E-state index in [1.54, 1.807) is 0 Å². The van der Waals surface area contributed by atoms with Crippen LogP contribution in [0.25, 0.3) is 0 Å². The second kappa shape index (κ2) is 22.7. The number of carboxylic acid groups (broad SMARTS) is 2. The summed E-state index contributed by atoms with van der Waals surface area (Å²) in [4.78, 5) is 28.3. The first-order valence-electron chi connectivity index (χ1n) is 5.32. The first-order chi connectivity index (χ1) is 9.62. The molecule has 0 rings (SSSR count). The summed E-state index contributed by atoms with van der Waals surface area (Å²) in [7, 11) is 1.31. The second-order valence-corrected chi connectivity index (χ2v) is 2.84. The van der Waals surface area contributed by atoms with Crippen LogP contribution in [0.3, 0.4) is 0 Å². The summed E-state index contributed by atoms with van der Waals surface area (Å²) in [5, 5.41) is 31.2. The molecule has 0 aliphatic carbocycles. The number of hydrogen-bond donors (Lipinski definition) is 4. The zero-order valence-electron chi connectivity index (χ0n) is 12.1. The third-order valence-corrected chi connectivity index (χ3v) is 0.981. The molecule has 0 spiro atoms. The first-order valence-corrected chi connectivity index (χ1v) is 5.32. The number of aliphatic hydroxyl groups excluding tert-OH is 2. The van der Waals surface area contributed by atoms with Crippen LogP contribution < -0.4 is 0 Å². The zero-order valence-corrected chi connectivity index (χ0v) is 12.1. The predicted molar refractivity (Wildman–Crippen MR) is 76.6 cm³/mol. The maximum absolute atomic E-state index is 9.84. The van der Waals surface area contributed by atoms with Crippen LogP contribution >= 0.6 is 0 Å². The molecule has 0 radical (unpaired) electrons. The number of aliphatic carboxylic acids is 2. The Kier molecular flexibility index (Phi) is 29.2. The standard InChI is InChI=1S/C4H6O2.C3H8O2.2C3H4O2/c1-3-4(5)6-2;1-3(5)2-4;2*1-2-3(4)5/h3H,1H2,2H3;3-5H,2H2,1H3;2*2H,1H2,(H,4,5). The highest BCUT2D eigenvalue weighted by molar-refractivity contribution is 5.81. The average molecular weight is 306 g/mol. The van der Waals surface area contributed by atoms with Crippen LogP contribution in [0.2, 0.25) is 0 Å². The van der Waals surface area contributed by atoms with Gasteiger partial charge in [0.1, 0.15) is 0 Å². The maximum Gasteiger partial charge on any atom is 0.329 e. The SMILES string of the molecule is C=CC(=O)O.C=CC(=O)O.C=CC(=O)OC.CC(O)CO. The number of methoxy groups -OCH3 is 1. The van der Waals surface area contributed by atoms with Crippen LogP contribution in [0.5, 0.6) is 0 Å². The molecular formula is C13H22O8. The van der Waals surface area contributed by atoms with Gasteiger partial charge < -0.3 is 25.2 Å². The number of hydrogen-bond acceptors (Lipinski definition) is 6. The van der Waals surface area contributed by atoms with Gasteiger partial charge in [0.2, 0.25) is 0 Å². The van der Waals surface area contributed by atoms with E-state index in [0.29, 0.717) is 0 Å². The van der Waals surface area contributed by atoms with Gasteiger partial charge in [-0.1, -0.05) is 19.7 Å². The Balaban J connectivity index is -0.0000000921. The molecule has 1 unspecified atom stereocenters. The number of esters is 1. The van der Waals surface area contributed by atoms with Crippen molar-refractivity contribution in [2.75, 3.05) is 13.7 Å². The maximum atomic E-state index is 9.84. The smallest absolute Gasteiger partial charge is 0.329 e. The van der Waals surface area contributed by atoms with E-state index in [4.69, 9.17) is 20.4 Å². The summed E-state index contributed by atoms with van der Waals surface area (Å²) in [5.41, 5.74) is 0. The molecular weight excluding hydrogens is 284 g/mol. The van der Waals surface area contributed by atoms with Gasteiger partial charge in [-0.3, -0.25) is 0 Å². The lowest BCUT2D eigenvalue weighted by Crippen LogP contribution is -2.03. The van der Waals surface area contributed by atoms with E-state index in [2.05, 4.69) is 24.5 Å². The van der Waals surface area contributed by atoms with Gasteiger partial charge in [-0.2, -0.15) is 0 Å². The van der Waals surface area contributed by atoms with Gasteiger partial charge in [-0.15, -0.1) is 0 Å². The summed E-state index contributed by atoms with van der Waals surface area (Å²) in [5.74, 6) is -2.36. The molecule has 0 aromatic carbocycles. The van der Waals surface area contributed by atoms with Crippen molar-refractivity contribution in [1.29, 1.82) is 0 Å². The molecule has 8 heteroatoms. The Labute approximate surface area is 123 Å². The van der Waals surface area contributed by atoms with E-state index in [0.717, 1.165) is 18.2 Å². The van der Waals surface area contributed by atoms with Crippen molar-refractivity contribution in [2.24, 2.45) is 0 Å².